The second-order valence-corrected chi connectivity index (χ2v) is 7.00. The summed E-state index contributed by atoms with van der Waals surface area (Å²) in [6, 6.07) is 9.11. The van der Waals surface area contributed by atoms with E-state index in [0.717, 1.165) is 43.8 Å². The lowest BCUT2D eigenvalue weighted by Gasteiger charge is -2.27. The third-order valence-electron chi connectivity index (χ3n) is 4.99. The first-order valence-corrected chi connectivity index (χ1v) is 9.66. The van der Waals surface area contributed by atoms with Gasteiger partial charge < -0.3 is 25.4 Å². The van der Waals surface area contributed by atoms with Gasteiger partial charge in [0.25, 0.3) is 5.91 Å². The van der Waals surface area contributed by atoms with Crippen molar-refractivity contribution in [1.29, 1.82) is 0 Å². The zero-order valence-electron chi connectivity index (χ0n) is 15.8. The monoisotopic (exact) mass is 383 g/mol. The standard InChI is InChI=1S/C20H25N5O3/c21-18-12-17(23-20(24-18)25-7-10-27-11-8-25)14-3-5-15(6-4-14)19(26)22-13-16-2-1-9-28-16/h3-6,12,16H,1-2,7-11,13H2,(H,22,26)(H2,21,23,24). The summed E-state index contributed by atoms with van der Waals surface area (Å²) in [5.74, 6) is 0.930. The van der Waals surface area contributed by atoms with Crippen molar-refractivity contribution in [3.63, 3.8) is 0 Å². The van der Waals surface area contributed by atoms with E-state index < -0.39 is 0 Å². The minimum Gasteiger partial charge on any atom is -0.384 e. The Balaban J connectivity index is 1.45. The summed E-state index contributed by atoms with van der Waals surface area (Å²) in [6.45, 7) is 4.13. The fourth-order valence-electron chi connectivity index (χ4n) is 3.41. The lowest BCUT2D eigenvalue weighted by Crippen LogP contribution is -2.37. The SMILES string of the molecule is Nc1cc(-c2ccc(C(=O)NCC3CCCO3)cc2)nc(N2CCOCC2)n1. The second kappa shape index (κ2) is 8.53. The van der Waals surface area contributed by atoms with Crippen LogP contribution in [-0.4, -0.2) is 61.4 Å². The Morgan fingerprint density at radius 1 is 1.18 bits per heavy atom. The molecule has 2 saturated heterocycles. The van der Waals surface area contributed by atoms with Crippen LogP contribution >= 0.6 is 0 Å². The average Bonchev–Trinajstić information content (AvgIpc) is 3.26. The number of hydrogen-bond acceptors (Lipinski definition) is 7. The molecule has 148 valence electrons. The number of nitrogens with zero attached hydrogens (tertiary/aromatic N) is 3. The summed E-state index contributed by atoms with van der Waals surface area (Å²) in [4.78, 5) is 23.4. The number of carbonyl (C=O) groups is 1. The van der Waals surface area contributed by atoms with E-state index in [1.165, 1.54) is 0 Å². The highest BCUT2D eigenvalue weighted by molar-refractivity contribution is 5.94. The minimum absolute atomic E-state index is 0.0988. The molecule has 2 aromatic rings. The molecular formula is C20H25N5O3. The third kappa shape index (κ3) is 4.40. The smallest absolute Gasteiger partial charge is 0.251 e. The zero-order valence-corrected chi connectivity index (χ0v) is 15.8. The fourth-order valence-corrected chi connectivity index (χ4v) is 3.41. The molecule has 1 aromatic heterocycles. The number of anilines is 2. The van der Waals surface area contributed by atoms with Crippen LogP contribution in [0.5, 0.6) is 0 Å². The van der Waals surface area contributed by atoms with Gasteiger partial charge in [0, 0.05) is 43.4 Å². The number of nitrogen functional groups attached to an aromatic ring is 1. The Bertz CT molecular complexity index is 815. The summed E-state index contributed by atoms with van der Waals surface area (Å²) in [5.41, 5.74) is 8.23. The van der Waals surface area contributed by atoms with Crippen molar-refractivity contribution in [2.45, 2.75) is 18.9 Å². The molecule has 2 fully saturated rings. The lowest BCUT2D eigenvalue weighted by molar-refractivity contribution is 0.0858. The van der Waals surface area contributed by atoms with E-state index in [4.69, 9.17) is 15.2 Å². The third-order valence-corrected chi connectivity index (χ3v) is 4.99. The molecule has 3 N–H and O–H groups in total. The molecular weight excluding hydrogens is 358 g/mol. The molecule has 8 heteroatoms. The first-order valence-electron chi connectivity index (χ1n) is 9.66. The predicted molar refractivity (Wildman–Crippen MR) is 106 cm³/mol. The van der Waals surface area contributed by atoms with E-state index in [2.05, 4.69) is 20.2 Å². The van der Waals surface area contributed by atoms with Gasteiger partial charge in [-0.2, -0.15) is 4.98 Å². The van der Waals surface area contributed by atoms with Crippen LogP contribution < -0.4 is 16.0 Å². The van der Waals surface area contributed by atoms with Gasteiger partial charge in [0.05, 0.1) is 25.0 Å². The maximum Gasteiger partial charge on any atom is 0.251 e. The van der Waals surface area contributed by atoms with Crippen LogP contribution in [0.4, 0.5) is 11.8 Å². The quantitative estimate of drug-likeness (QED) is 0.806. The number of nitrogens with one attached hydrogen (secondary N) is 1. The number of benzene rings is 1. The molecule has 0 aliphatic carbocycles. The maximum atomic E-state index is 12.3. The number of rotatable bonds is 5. The highest BCUT2D eigenvalue weighted by Gasteiger charge is 2.18. The van der Waals surface area contributed by atoms with E-state index in [0.29, 0.717) is 37.1 Å². The van der Waals surface area contributed by atoms with Crippen molar-refractivity contribution < 1.29 is 14.3 Å². The summed E-state index contributed by atoms with van der Waals surface area (Å²) in [7, 11) is 0. The average molecular weight is 383 g/mol. The maximum absolute atomic E-state index is 12.3. The lowest BCUT2D eigenvalue weighted by atomic mass is 10.1. The van der Waals surface area contributed by atoms with Crippen LogP contribution in [0.2, 0.25) is 0 Å². The number of aromatic nitrogens is 2. The molecule has 0 radical (unpaired) electrons. The Kier molecular flexibility index (Phi) is 5.68. The summed E-state index contributed by atoms with van der Waals surface area (Å²) in [5, 5.41) is 2.93. The van der Waals surface area contributed by atoms with Gasteiger partial charge in [-0.15, -0.1) is 0 Å². The van der Waals surface area contributed by atoms with Gasteiger partial charge in [0.1, 0.15) is 5.82 Å². The summed E-state index contributed by atoms with van der Waals surface area (Å²) in [6.07, 6.45) is 2.19. The molecule has 1 amide bonds. The predicted octanol–water partition coefficient (Wildman–Crippen LogP) is 1.47. The molecule has 1 aromatic carbocycles. The van der Waals surface area contributed by atoms with Gasteiger partial charge in [-0.1, -0.05) is 12.1 Å². The first-order chi connectivity index (χ1) is 13.7. The number of ether oxygens (including phenoxy) is 2. The van der Waals surface area contributed by atoms with Crippen molar-refractivity contribution in [3.05, 3.63) is 35.9 Å². The van der Waals surface area contributed by atoms with Crippen LogP contribution in [-0.2, 0) is 9.47 Å². The van der Waals surface area contributed by atoms with E-state index in [-0.39, 0.29) is 12.0 Å². The van der Waals surface area contributed by atoms with Gasteiger partial charge in [0.15, 0.2) is 0 Å². The van der Waals surface area contributed by atoms with E-state index >= 15 is 0 Å². The summed E-state index contributed by atoms with van der Waals surface area (Å²) >= 11 is 0. The molecule has 0 bridgehead atoms. The second-order valence-electron chi connectivity index (χ2n) is 7.00. The molecule has 28 heavy (non-hydrogen) atoms. The molecule has 8 nitrogen and oxygen atoms in total. The number of amides is 1. The van der Waals surface area contributed by atoms with Crippen molar-refractivity contribution in [2.24, 2.45) is 0 Å². The first kappa shape index (κ1) is 18.6. The van der Waals surface area contributed by atoms with Gasteiger partial charge >= 0.3 is 0 Å². The van der Waals surface area contributed by atoms with Crippen molar-refractivity contribution >= 4 is 17.7 Å². The van der Waals surface area contributed by atoms with Crippen molar-refractivity contribution in [3.8, 4) is 11.3 Å². The number of hydrogen-bond donors (Lipinski definition) is 2. The fraction of sp³-hybridized carbons (Fsp3) is 0.450. The largest absolute Gasteiger partial charge is 0.384 e. The molecule has 0 spiro atoms. The van der Waals surface area contributed by atoms with Gasteiger partial charge in [-0.05, 0) is 25.0 Å². The Morgan fingerprint density at radius 2 is 1.96 bits per heavy atom. The van der Waals surface area contributed by atoms with Crippen LogP contribution in [0, 0.1) is 0 Å². The number of morpholine rings is 1. The Labute approximate surface area is 164 Å². The van der Waals surface area contributed by atoms with Crippen molar-refractivity contribution in [2.75, 3.05) is 50.1 Å². The van der Waals surface area contributed by atoms with Crippen LogP contribution in [0.25, 0.3) is 11.3 Å². The molecule has 3 heterocycles. The minimum atomic E-state index is -0.0988. The summed E-state index contributed by atoms with van der Waals surface area (Å²) < 4.78 is 10.9. The van der Waals surface area contributed by atoms with Gasteiger partial charge in [-0.25, -0.2) is 4.98 Å². The molecule has 2 aliphatic rings. The molecule has 1 unspecified atom stereocenters. The molecule has 4 rings (SSSR count). The zero-order chi connectivity index (χ0) is 19.3. The topological polar surface area (TPSA) is 103 Å². The molecule has 2 aliphatic heterocycles. The van der Waals surface area contributed by atoms with Crippen molar-refractivity contribution in [1.82, 2.24) is 15.3 Å². The van der Waals surface area contributed by atoms with E-state index in [9.17, 15) is 4.79 Å². The normalized spacial score (nSPS) is 19.6. The van der Waals surface area contributed by atoms with E-state index in [1.54, 1.807) is 18.2 Å². The van der Waals surface area contributed by atoms with Gasteiger partial charge in [-0.3, -0.25) is 4.79 Å². The molecule has 1 atom stereocenters. The Morgan fingerprint density at radius 3 is 2.68 bits per heavy atom. The van der Waals surface area contributed by atoms with Crippen LogP contribution in [0.15, 0.2) is 30.3 Å². The van der Waals surface area contributed by atoms with Crippen LogP contribution in [0.3, 0.4) is 0 Å². The number of carbonyl (C=O) groups excluding carboxylic acids is 1. The highest BCUT2D eigenvalue weighted by Crippen LogP contribution is 2.23. The van der Waals surface area contributed by atoms with E-state index in [1.807, 2.05) is 12.1 Å². The number of nitrogens with two attached hydrogens (primary N) is 1. The van der Waals surface area contributed by atoms with Crippen LogP contribution in [0.1, 0.15) is 23.2 Å². The Hall–Kier alpha value is -2.71. The highest BCUT2D eigenvalue weighted by atomic mass is 16.5. The van der Waals surface area contributed by atoms with Gasteiger partial charge in [0.2, 0.25) is 5.95 Å². The molecule has 0 saturated carbocycles.